The molecule has 2 heteroatoms. The third-order valence-corrected chi connectivity index (χ3v) is 3.99. The van der Waals surface area contributed by atoms with Gasteiger partial charge in [0.05, 0.1) is 6.61 Å². The van der Waals surface area contributed by atoms with Gasteiger partial charge in [-0.05, 0) is 24.6 Å². The van der Waals surface area contributed by atoms with Gasteiger partial charge < -0.3 is 10.1 Å². The highest BCUT2D eigenvalue weighted by atomic mass is 16.5. The molecule has 0 radical (unpaired) electrons. The van der Waals surface area contributed by atoms with Crippen LogP contribution in [-0.2, 0) is 13.0 Å². The first-order valence-corrected chi connectivity index (χ1v) is 8.85. The summed E-state index contributed by atoms with van der Waals surface area (Å²) in [5.41, 5.74) is 2.56. The number of hydrogen-bond donors (Lipinski definition) is 1. The average molecular weight is 311 g/mol. The van der Waals surface area contributed by atoms with Crippen molar-refractivity contribution < 1.29 is 4.74 Å². The molecular formula is C21H29NO. The molecule has 0 aromatic heterocycles. The average Bonchev–Trinajstić information content (AvgIpc) is 2.60. The Morgan fingerprint density at radius 2 is 1.65 bits per heavy atom. The van der Waals surface area contributed by atoms with Crippen LogP contribution in [0.4, 0.5) is 0 Å². The summed E-state index contributed by atoms with van der Waals surface area (Å²) < 4.78 is 6.00. The summed E-state index contributed by atoms with van der Waals surface area (Å²) in [6, 6.07) is 18.8. The second-order valence-corrected chi connectivity index (χ2v) is 5.93. The fourth-order valence-electron chi connectivity index (χ4n) is 2.61. The number of hydrogen-bond acceptors (Lipinski definition) is 2. The van der Waals surface area contributed by atoms with E-state index in [1.54, 1.807) is 0 Å². The molecule has 0 amide bonds. The number of nitrogens with one attached hydrogen (secondary N) is 1. The van der Waals surface area contributed by atoms with Crippen LogP contribution in [0.3, 0.4) is 0 Å². The Morgan fingerprint density at radius 3 is 2.48 bits per heavy atom. The Bertz CT molecular complexity index is 539. The normalized spacial score (nSPS) is 10.7. The van der Waals surface area contributed by atoms with Gasteiger partial charge in [0.25, 0.3) is 0 Å². The van der Waals surface area contributed by atoms with Crippen molar-refractivity contribution in [1.82, 2.24) is 5.32 Å². The predicted molar refractivity (Wildman–Crippen MR) is 97.9 cm³/mol. The smallest absolute Gasteiger partial charge is 0.123 e. The van der Waals surface area contributed by atoms with Crippen molar-refractivity contribution in [2.24, 2.45) is 0 Å². The van der Waals surface area contributed by atoms with Gasteiger partial charge in [-0.3, -0.25) is 0 Å². The maximum atomic E-state index is 6.00. The summed E-state index contributed by atoms with van der Waals surface area (Å²) in [5.74, 6) is 1.00. The Balaban J connectivity index is 1.73. The van der Waals surface area contributed by atoms with Crippen LogP contribution >= 0.6 is 0 Å². The third kappa shape index (κ3) is 6.87. The summed E-state index contributed by atoms with van der Waals surface area (Å²) in [4.78, 5) is 0. The summed E-state index contributed by atoms with van der Waals surface area (Å²) in [7, 11) is 0. The van der Waals surface area contributed by atoms with Crippen molar-refractivity contribution >= 4 is 0 Å². The minimum absolute atomic E-state index is 0.720. The zero-order valence-electron chi connectivity index (χ0n) is 14.3. The first kappa shape index (κ1) is 17.6. The lowest BCUT2D eigenvalue weighted by atomic mass is 10.1. The Morgan fingerprint density at radius 1 is 0.870 bits per heavy atom. The molecule has 2 aromatic carbocycles. The van der Waals surface area contributed by atoms with Gasteiger partial charge in [-0.2, -0.15) is 0 Å². The van der Waals surface area contributed by atoms with E-state index < -0.39 is 0 Å². The van der Waals surface area contributed by atoms with Crippen LogP contribution in [0.25, 0.3) is 0 Å². The number of benzene rings is 2. The molecule has 23 heavy (non-hydrogen) atoms. The van der Waals surface area contributed by atoms with Crippen molar-refractivity contribution in [1.29, 1.82) is 0 Å². The standard InChI is InChI=1S/C21H29NO/c1-2-3-4-10-16-22-18-20-13-8-9-14-21(20)23-17-15-19-11-6-5-7-12-19/h5-9,11-14,22H,2-4,10,15-18H2,1H3. The highest BCUT2D eigenvalue weighted by Gasteiger charge is 2.03. The van der Waals surface area contributed by atoms with Crippen LogP contribution in [0.5, 0.6) is 5.75 Å². The van der Waals surface area contributed by atoms with E-state index in [0.29, 0.717) is 0 Å². The van der Waals surface area contributed by atoms with E-state index >= 15 is 0 Å². The van der Waals surface area contributed by atoms with Crippen molar-refractivity contribution in [2.45, 2.75) is 45.6 Å². The minimum Gasteiger partial charge on any atom is -0.493 e. The molecule has 2 nitrogen and oxygen atoms in total. The summed E-state index contributed by atoms with van der Waals surface area (Å²) in [5, 5.41) is 3.53. The monoisotopic (exact) mass is 311 g/mol. The molecule has 0 unspecified atom stereocenters. The lowest BCUT2D eigenvalue weighted by Crippen LogP contribution is -2.15. The third-order valence-electron chi connectivity index (χ3n) is 3.99. The van der Waals surface area contributed by atoms with Gasteiger partial charge in [0.1, 0.15) is 5.75 Å². The van der Waals surface area contributed by atoms with E-state index in [4.69, 9.17) is 4.74 Å². The molecule has 0 aliphatic heterocycles. The van der Waals surface area contributed by atoms with Crippen molar-refractivity contribution in [3.8, 4) is 5.75 Å². The van der Waals surface area contributed by atoms with Gasteiger partial charge in [-0.1, -0.05) is 74.7 Å². The largest absolute Gasteiger partial charge is 0.493 e. The molecule has 0 atom stereocenters. The first-order chi connectivity index (χ1) is 11.4. The van der Waals surface area contributed by atoms with Crippen LogP contribution in [0.1, 0.15) is 43.7 Å². The quantitative estimate of drug-likeness (QED) is 0.591. The maximum absolute atomic E-state index is 6.00. The molecule has 1 N–H and O–H groups in total. The van der Waals surface area contributed by atoms with Gasteiger partial charge >= 0.3 is 0 Å². The molecule has 2 aromatic rings. The molecular weight excluding hydrogens is 282 g/mol. The Hall–Kier alpha value is -1.80. The van der Waals surface area contributed by atoms with Gasteiger partial charge in [0, 0.05) is 18.5 Å². The van der Waals surface area contributed by atoms with Gasteiger partial charge in [-0.25, -0.2) is 0 Å². The summed E-state index contributed by atoms with van der Waals surface area (Å²) >= 11 is 0. The van der Waals surface area contributed by atoms with E-state index in [0.717, 1.165) is 31.9 Å². The lowest BCUT2D eigenvalue weighted by molar-refractivity contribution is 0.317. The first-order valence-electron chi connectivity index (χ1n) is 8.85. The van der Waals surface area contributed by atoms with E-state index in [1.165, 1.54) is 36.8 Å². The van der Waals surface area contributed by atoms with Crippen molar-refractivity contribution in [3.05, 3.63) is 65.7 Å². The molecule has 124 valence electrons. The van der Waals surface area contributed by atoms with Crippen LogP contribution in [0.2, 0.25) is 0 Å². The highest BCUT2D eigenvalue weighted by molar-refractivity contribution is 5.33. The van der Waals surface area contributed by atoms with Gasteiger partial charge in [-0.15, -0.1) is 0 Å². The molecule has 0 spiro atoms. The second kappa shape index (κ2) is 10.8. The molecule has 0 aliphatic carbocycles. The Kier molecular flexibility index (Phi) is 8.28. The van der Waals surface area contributed by atoms with E-state index in [2.05, 4.69) is 54.7 Å². The Labute approximate surface area is 140 Å². The number of para-hydroxylation sites is 1. The van der Waals surface area contributed by atoms with E-state index in [1.807, 2.05) is 12.1 Å². The van der Waals surface area contributed by atoms with E-state index in [-0.39, 0.29) is 0 Å². The predicted octanol–water partition coefficient (Wildman–Crippen LogP) is 4.98. The van der Waals surface area contributed by atoms with Gasteiger partial charge in [0.2, 0.25) is 0 Å². The van der Waals surface area contributed by atoms with Gasteiger partial charge in [0.15, 0.2) is 0 Å². The fourth-order valence-corrected chi connectivity index (χ4v) is 2.61. The van der Waals surface area contributed by atoms with Crippen molar-refractivity contribution in [3.63, 3.8) is 0 Å². The van der Waals surface area contributed by atoms with Crippen molar-refractivity contribution in [2.75, 3.05) is 13.2 Å². The number of unbranched alkanes of at least 4 members (excludes halogenated alkanes) is 3. The van der Waals surface area contributed by atoms with E-state index in [9.17, 15) is 0 Å². The maximum Gasteiger partial charge on any atom is 0.123 e. The lowest BCUT2D eigenvalue weighted by Gasteiger charge is -2.12. The fraction of sp³-hybridized carbons (Fsp3) is 0.429. The van der Waals surface area contributed by atoms with Crippen LogP contribution in [-0.4, -0.2) is 13.2 Å². The topological polar surface area (TPSA) is 21.3 Å². The molecule has 0 fully saturated rings. The molecule has 0 heterocycles. The molecule has 0 saturated carbocycles. The van der Waals surface area contributed by atoms with Crippen LogP contribution in [0.15, 0.2) is 54.6 Å². The highest BCUT2D eigenvalue weighted by Crippen LogP contribution is 2.18. The van der Waals surface area contributed by atoms with Crippen LogP contribution in [0, 0.1) is 0 Å². The molecule has 0 bridgehead atoms. The van der Waals surface area contributed by atoms with Crippen LogP contribution < -0.4 is 10.1 Å². The summed E-state index contributed by atoms with van der Waals surface area (Å²) in [6.45, 7) is 4.93. The zero-order chi connectivity index (χ0) is 16.2. The number of ether oxygens (including phenoxy) is 1. The molecule has 2 rings (SSSR count). The zero-order valence-corrected chi connectivity index (χ0v) is 14.3. The molecule has 0 aliphatic rings. The second-order valence-electron chi connectivity index (χ2n) is 5.93. The number of rotatable bonds is 11. The minimum atomic E-state index is 0.720. The SMILES string of the molecule is CCCCCCNCc1ccccc1OCCc1ccccc1. The summed E-state index contributed by atoms with van der Waals surface area (Å²) in [6.07, 6.45) is 6.14. The molecule has 0 saturated heterocycles.